The molecule has 2 N–H and O–H groups in total. The van der Waals surface area contributed by atoms with E-state index in [1.54, 1.807) is 22.9 Å². The molecule has 0 radical (unpaired) electrons. The fourth-order valence-electron chi connectivity index (χ4n) is 2.54. The number of aliphatic imine (C=N–C) groups is 1. The lowest BCUT2D eigenvalue weighted by Gasteiger charge is -2.02. The molecule has 0 atom stereocenters. The molecule has 3 aromatic rings. The highest BCUT2D eigenvalue weighted by atomic mass is 16.3. The van der Waals surface area contributed by atoms with E-state index in [4.69, 9.17) is 0 Å². The lowest BCUT2D eigenvalue weighted by molar-refractivity contribution is -0.114. The molecule has 0 aliphatic carbocycles. The van der Waals surface area contributed by atoms with Crippen LogP contribution in [-0.4, -0.2) is 21.8 Å². The minimum absolute atomic E-state index is 0.127. The molecule has 5 nitrogen and oxygen atoms in total. The van der Waals surface area contributed by atoms with Gasteiger partial charge in [0, 0.05) is 31.3 Å². The average Bonchev–Trinajstić information content (AvgIpc) is 2.77. The zero-order chi connectivity index (χ0) is 16.4. The molecule has 0 bridgehead atoms. The molecule has 1 amide bonds. The van der Waals surface area contributed by atoms with Gasteiger partial charge in [-0.25, -0.2) is 0 Å². The lowest BCUT2D eigenvalue weighted by Crippen LogP contribution is -2.05. The Bertz CT molecular complexity index is 910. The SMILES string of the molecule is CC(=O)Nc1cccc(N=Cc2c(O)n(C)c3ccccc23)c1. The number of rotatable bonds is 3. The molecule has 1 heterocycles. The van der Waals surface area contributed by atoms with Gasteiger partial charge in [-0.05, 0) is 24.3 Å². The maximum Gasteiger partial charge on any atom is 0.221 e. The Kier molecular flexibility index (Phi) is 3.85. The number of aromatic nitrogens is 1. The summed E-state index contributed by atoms with van der Waals surface area (Å²) in [7, 11) is 1.81. The first-order valence-corrected chi connectivity index (χ1v) is 7.24. The molecular formula is C18H17N3O2. The van der Waals surface area contributed by atoms with Gasteiger partial charge in [0.2, 0.25) is 11.8 Å². The minimum Gasteiger partial charge on any atom is -0.494 e. The number of hydrogen-bond acceptors (Lipinski definition) is 3. The summed E-state index contributed by atoms with van der Waals surface area (Å²) in [6.07, 6.45) is 1.64. The zero-order valence-corrected chi connectivity index (χ0v) is 12.9. The number of nitrogens with zero attached hydrogens (tertiary/aromatic N) is 2. The van der Waals surface area contributed by atoms with Gasteiger partial charge in [-0.1, -0.05) is 24.3 Å². The van der Waals surface area contributed by atoms with Gasteiger partial charge in [-0.3, -0.25) is 9.79 Å². The van der Waals surface area contributed by atoms with Gasteiger partial charge in [0.05, 0.1) is 16.8 Å². The summed E-state index contributed by atoms with van der Waals surface area (Å²) < 4.78 is 1.73. The Balaban J connectivity index is 1.98. The van der Waals surface area contributed by atoms with Gasteiger partial charge in [-0.2, -0.15) is 0 Å². The van der Waals surface area contributed by atoms with Gasteiger partial charge in [0.15, 0.2) is 0 Å². The van der Waals surface area contributed by atoms with Crippen molar-refractivity contribution in [2.45, 2.75) is 6.92 Å². The average molecular weight is 307 g/mol. The number of carbonyl (C=O) groups excluding carboxylic acids is 1. The molecule has 0 fully saturated rings. The fourth-order valence-corrected chi connectivity index (χ4v) is 2.54. The van der Waals surface area contributed by atoms with Crippen molar-refractivity contribution in [2.75, 3.05) is 5.32 Å². The van der Waals surface area contributed by atoms with Crippen LogP contribution in [0.25, 0.3) is 10.9 Å². The van der Waals surface area contributed by atoms with Crippen molar-refractivity contribution in [1.82, 2.24) is 4.57 Å². The topological polar surface area (TPSA) is 66.6 Å². The van der Waals surface area contributed by atoms with Crippen LogP contribution in [-0.2, 0) is 11.8 Å². The molecule has 0 saturated carbocycles. The number of para-hydroxylation sites is 1. The summed E-state index contributed by atoms with van der Waals surface area (Å²) >= 11 is 0. The molecule has 2 aromatic carbocycles. The highest BCUT2D eigenvalue weighted by molar-refractivity contribution is 6.03. The molecule has 116 valence electrons. The van der Waals surface area contributed by atoms with E-state index in [-0.39, 0.29) is 11.8 Å². The number of hydrogen-bond donors (Lipinski definition) is 2. The second-order valence-electron chi connectivity index (χ2n) is 5.30. The predicted molar refractivity (Wildman–Crippen MR) is 92.6 cm³/mol. The van der Waals surface area contributed by atoms with Crippen LogP contribution < -0.4 is 5.32 Å². The third-order valence-corrected chi connectivity index (χ3v) is 3.62. The largest absolute Gasteiger partial charge is 0.494 e. The van der Waals surface area contributed by atoms with Crippen LogP contribution in [0.4, 0.5) is 11.4 Å². The lowest BCUT2D eigenvalue weighted by atomic mass is 10.2. The number of amides is 1. The normalized spacial score (nSPS) is 11.2. The van der Waals surface area contributed by atoms with Crippen molar-refractivity contribution in [3.63, 3.8) is 0 Å². The molecule has 0 spiro atoms. The van der Waals surface area contributed by atoms with Crippen molar-refractivity contribution in [2.24, 2.45) is 12.0 Å². The van der Waals surface area contributed by atoms with E-state index in [0.717, 1.165) is 10.9 Å². The fraction of sp³-hybridized carbons (Fsp3) is 0.111. The van der Waals surface area contributed by atoms with Gasteiger partial charge in [0.1, 0.15) is 0 Å². The number of anilines is 1. The third-order valence-electron chi connectivity index (χ3n) is 3.62. The maximum atomic E-state index is 11.1. The Morgan fingerprint density at radius 1 is 1.22 bits per heavy atom. The molecule has 3 rings (SSSR count). The van der Waals surface area contributed by atoms with E-state index in [1.165, 1.54) is 6.92 Å². The van der Waals surface area contributed by atoms with Crippen LogP contribution in [0.15, 0.2) is 53.5 Å². The van der Waals surface area contributed by atoms with Crippen LogP contribution in [0.3, 0.4) is 0 Å². The number of fused-ring (bicyclic) bond motifs is 1. The van der Waals surface area contributed by atoms with Crippen molar-refractivity contribution < 1.29 is 9.90 Å². The van der Waals surface area contributed by atoms with E-state index in [1.807, 2.05) is 43.4 Å². The molecule has 0 saturated heterocycles. The molecule has 5 heteroatoms. The van der Waals surface area contributed by atoms with Gasteiger partial charge in [-0.15, -0.1) is 0 Å². The Hall–Kier alpha value is -3.08. The van der Waals surface area contributed by atoms with Crippen LogP contribution in [0.2, 0.25) is 0 Å². The quantitative estimate of drug-likeness (QED) is 0.726. The van der Waals surface area contributed by atoms with Crippen molar-refractivity contribution in [1.29, 1.82) is 0 Å². The number of benzene rings is 2. The van der Waals surface area contributed by atoms with E-state index >= 15 is 0 Å². The Morgan fingerprint density at radius 2 is 2.00 bits per heavy atom. The number of carbonyl (C=O) groups is 1. The van der Waals surface area contributed by atoms with Crippen LogP contribution in [0.5, 0.6) is 5.88 Å². The van der Waals surface area contributed by atoms with Gasteiger partial charge >= 0.3 is 0 Å². The van der Waals surface area contributed by atoms with E-state index in [0.29, 0.717) is 16.9 Å². The summed E-state index contributed by atoms with van der Waals surface area (Å²) in [5.41, 5.74) is 3.00. The zero-order valence-electron chi connectivity index (χ0n) is 12.9. The highest BCUT2D eigenvalue weighted by Crippen LogP contribution is 2.29. The minimum atomic E-state index is -0.127. The summed E-state index contributed by atoms with van der Waals surface area (Å²) in [5, 5.41) is 13.9. The molecule has 0 aliphatic rings. The Morgan fingerprint density at radius 3 is 2.78 bits per heavy atom. The third kappa shape index (κ3) is 2.94. The first kappa shape index (κ1) is 14.8. The van der Waals surface area contributed by atoms with Crippen molar-refractivity contribution in [3.05, 3.63) is 54.1 Å². The van der Waals surface area contributed by atoms with Crippen LogP contribution in [0.1, 0.15) is 12.5 Å². The number of aryl methyl sites for hydroxylation is 1. The molecule has 0 aliphatic heterocycles. The van der Waals surface area contributed by atoms with Crippen LogP contribution in [0, 0.1) is 0 Å². The second-order valence-corrected chi connectivity index (χ2v) is 5.30. The summed E-state index contributed by atoms with van der Waals surface area (Å²) in [6, 6.07) is 15.0. The van der Waals surface area contributed by atoms with Gasteiger partial charge < -0.3 is 15.0 Å². The van der Waals surface area contributed by atoms with Gasteiger partial charge in [0.25, 0.3) is 0 Å². The summed E-state index contributed by atoms with van der Waals surface area (Å²) in [4.78, 5) is 15.5. The van der Waals surface area contributed by atoms with Crippen molar-refractivity contribution in [3.8, 4) is 5.88 Å². The maximum absolute atomic E-state index is 11.1. The molecule has 0 unspecified atom stereocenters. The second kappa shape index (κ2) is 5.96. The van der Waals surface area contributed by atoms with Crippen LogP contribution >= 0.6 is 0 Å². The Labute approximate surface area is 133 Å². The highest BCUT2D eigenvalue weighted by Gasteiger charge is 2.11. The first-order chi connectivity index (χ1) is 11.1. The molecular weight excluding hydrogens is 290 g/mol. The first-order valence-electron chi connectivity index (χ1n) is 7.24. The number of aromatic hydroxyl groups is 1. The van der Waals surface area contributed by atoms with E-state index < -0.39 is 0 Å². The summed E-state index contributed by atoms with van der Waals surface area (Å²) in [6.45, 7) is 1.46. The van der Waals surface area contributed by atoms with Crippen molar-refractivity contribution >= 4 is 34.4 Å². The summed E-state index contributed by atoms with van der Waals surface area (Å²) in [5.74, 6) is 0.0470. The smallest absolute Gasteiger partial charge is 0.221 e. The number of nitrogens with one attached hydrogen (secondary N) is 1. The van der Waals surface area contributed by atoms with E-state index in [9.17, 15) is 9.90 Å². The monoisotopic (exact) mass is 307 g/mol. The molecule has 23 heavy (non-hydrogen) atoms. The van der Waals surface area contributed by atoms with E-state index in [2.05, 4.69) is 10.3 Å². The standard InChI is InChI=1S/C18H17N3O2/c1-12(22)20-14-7-5-6-13(10-14)19-11-16-15-8-3-4-9-17(15)21(2)18(16)23/h3-11,23H,1-2H3,(H,20,22). The predicted octanol–water partition coefficient (Wildman–Crippen LogP) is 3.59. The molecule has 1 aromatic heterocycles.